The molecule has 17 nitrogen and oxygen atoms in total. The Hall–Kier alpha value is -4.02. The maximum absolute atomic E-state index is 13.1. The van der Waals surface area contributed by atoms with Crippen LogP contribution < -0.4 is 0 Å². The number of phosphoric ester groups is 2. The average molecular weight is 1510 g/mol. The molecule has 0 bridgehead atoms. The molecule has 3 N–H and O–H groups in total. The second-order valence-corrected chi connectivity index (χ2v) is 30.6. The molecule has 19 heteroatoms. The van der Waals surface area contributed by atoms with Crippen LogP contribution in [0.2, 0.25) is 0 Å². The van der Waals surface area contributed by atoms with Crippen molar-refractivity contribution in [2.45, 2.75) is 380 Å². The van der Waals surface area contributed by atoms with E-state index in [1.165, 1.54) is 109 Å². The van der Waals surface area contributed by atoms with Gasteiger partial charge in [0.25, 0.3) is 0 Å². The summed E-state index contributed by atoms with van der Waals surface area (Å²) >= 11 is 0. The van der Waals surface area contributed by atoms with Gasteiger partial charge >= 0.3 is 39.5 Å². The van der Waals surface area contributed by atoms with Crippen LogP contribution in [0.1, 0.15) is 362 Å². The summed E-state index contributed by atoms with van der Waals surface area (Å²) < 4.78 is 68.7. The zero-order valence-electron chi connectivity index (χ0n) is 65.9. The maximum atomic E-state index is 13.1. The molecule has 602 valence electrons. The van der Waals surface area contributed by atoms with Gasteiger partial charge in [-0.2, -0.15) is 0 Å². The molecule has 0 spiro atoms. The first-order valence-corrected chi connectivity index (χ1v) is 44.5. The van der Waals surface area contributed by atoms with Gasteiger partial charge in [-0.1, -0.05) is 330 Å². The van der Waals surface area contributed by atoms with Crippen LogP contribution >= 0.6 is 15.6 Å². The number of aliphatic hydroxyl groups is 1. The number of allylic oxidation sites excluding steroid dienone is 16. The van der Waals surface area contributed by atoms with Gasteiger partial charge in [-0.05, 0) is 103 Å². The van der Waals surface area contributed by atoms with Crippen LogP contribution in [0.3, 0.4) is 0 Å². The third kappa shape index (κ3) is 76.2. The fourth-order valence-corrected chi connectivity index (χ4v) is 12.9. The second-order valence-electron chi connectivity index (χ2n) is 27.7. The molecule has 0 aliphatic rings. The van der Waals surface area contributed by atoms with Crippen molar-refractivity contribution >= 4 is 39.5 Å². The van der Waals surface area contributed by atoms with Crippen LogP contribution in [-0.4, -0.2) is 96.7 Å². The van der Waals surface area contributed by atoms with E-state index in [-0.39, 0.29) is 25.7 Å². The number of carbonyl (C=O) groups excluding carboxylic acids is 4. The van der Waals surface area contributed by atoms with Crippen molar-refractivity contribution in [3.8, 4) is 0 Å². The zero-order valence-corrected chi connectivity index (χ0v) is 67.7. The maximum Gasteiger partial charge on any atom is 0.472 e. The minimum Gasteiger partial charge on any atom is -0.462 e. The molecule has 0 aliphatic carbocycles. The van der Waals surface area contributed by atoms with Gasteiger partial charge in [0.15, 0.2) is 12.2 Å². The summed E-state index contributed by atoms with van der Waals surface area (Å²) in [4.78, 5) is 73.1. The Labute approximate surface area is 633 Å². The first-order chi connectivity index (χ1) is 50.7. The molecule has 104 heavy (non-hydrogen) atoms. The van der Waals surface area contributed by atoms with E-state index in [1.807, 2.05) is 0 Å². The van der Waals surface area contributed by atoms with Gasteiger partial charge in [-0.25, -0.2) is 9.13 Å². The predicted octanol–water partition coefficient (Wildman–Crippen LogP) is 24.3. The van der Waals surface area contributed by atoms with E-state index in [9.17, 15) is 43.2 Å². The molecule has 5 unspecified atom stereocenters. The molecule has 0 heterocycles. The van der Waals surface area contributed by atoms with E-state index >= 15 is 0 Å². The smallest absolute Gasteiger partial charge is 0.462 e. The second kappa shape index (κ2) is 77.1. The van der Waals surface area contributed by atoms with Crippen molar-refractivity contribution in [2.24, 2.45) is 0 Å². The van der Waals surface area contributed by atoms with E-state index in [0.29, 0.717) is 25.7 Å². The highest BCUT2D eigenvalue weighted by molar-refractivity contribution is 7.47. The first-order valence-electron chi connectivity index (χ1n) is 41.5. The van der Waals surface area contributed by atoms with E-state index in [2.05, 4.69) is 125 Å². The van der Waals surface area contributed by atoms with Crippen molar-refractivity contribution in [1.82, 2.24) is 0 Å². The molecular weight excluding hydrogens is 1350 g/mol. The quantitative estimate of drug-likeness (QED) is 0.0169. The van der Waals surface area contributed by atoms with Gasteiger partial charge in [0.1, 0.15) is 19.3 Å². The molecule has 0 rings (SSSR count). The number of ether oxygens (including phenoxy) is 4. The largest absolute Gasteiger partial charge is 0.472 e. The third-order valence-corrected chi connectivity index (χ3v) is 19.5. The fraction of sp³-hybridized carbons (Fsp3) is 0.765. The monoisotopic (exact) mass is 1510 g/mol. The van der Waals surface area contributed by atoms with E-state index in [0.717, 1.165) is 173 Å². The molecule has 0 saturated heterocycles. The number of phosphoric acid groups is 2. The summed E-state index contributed by atoms with van der Waals surface area (Å²) in [5.74, 6) is -2.18. The summed E-state index contributed by atoms with van der Waals surface area (Å²) in [7, 11) is -9.96. The summed E-state index contributed by atoms with van der Waals surface area (Å²) in [6, 6.07) is 0. The molecule has 0 saturated carbocycles. The lowest BCUT2D eigenvalue weighted by Gasteiger charge is -2.21. The van der Waals surface area contributed by atoms with Crippen LogP contribution in [0.15, 0.2) is 97.2 Å². The van der Waals surface area contributed by atoms with Gasteiger partial charge in [0.2, 0.25) is 0 Å². The van der Waals surface area contributed by atoms with Gasteiger partial charge < -0.3 is 33.8 Å². The van der Waals surface area contributed by atoms with Gasteiger partial charge in [-0.15, -0.1) is 0 Å². The van der Waals surface area contributed by atoms with Crippen molar-refractivity contribution in [3.63, 3.8) is 0 Å². The van der Waals surface area contributed by atoms with E-state index in [1.54, 1.807) is 0 Å². The molecule has 0 aliphatic heterocycles. The van der Waals surface area contributed by atoms with Gasteiger partial charge in [-0.3, -0.25) is 37.3 Å². The zero-order chi connectivity index (χ0) is 76.0. The lowest BCUT2D eigenvalue weighted by molar-refractivity contribution is -0.161. The lowest BCUT2D eigenvalue weighted by Crippen LogP contribution is -2.30. The van der Waals surface area contributed by atoms with Crippen LogP contribution in [0.25, 0.3) is 0 Å². The van der Waals surface area contributed by atoms with Gasteiger partial charge in [0, 0.05) is 25.7 Å². The van der Waals surface area contributed by atoms with Crippen molar-refractivity contribution in [1.29, 1.82) is 0 Å². The number of hydrogen-bond donors (Lipinski definition) is 3. The normalized spacial score (nSPS) is 14.3. The number of unbranched alkanes of at least 4 members (excludes halogenated alkanes) is 36. The highest BCUT2D eigenvalue weighted by Crippen LogP contribution is 2.45. The first kappa shape index (κ1) is 100.0. The van der Waals surface area contributed by atoms with E-state index in [4.69, 9.17) is 37.0 Å². The molecule has 0 aromatic carbocycles. The van der Waals surface area contributed by atoms with E-state index < -0.39 is 97.5 Å². The number of hydrogen-bond acceptors (Lipinski definition) is 15. The van der Waals surface area contributed by atoms with Gasteiger partial charge in [0.05, 0.1) is 26.4 Å². The molecule has 0 fully saturated rings. The average Bonchev–Trinajstić information content (AvgIpc) is 0.906. The molecular formula is C85H150O17P2. The standard InChI is InChI=1S/C85H150O17P2/c1-5-9-13-17-21-25-29-33-35-37-39-41-43-47-50-54-58-62-66-70-83(88)96-76-81(102-85(90)72-68-64-60-56-52-48-44-42-40-38-36-34-30-26-22-18-14-10-6-2)78-100-104(93,94)98-74-79(86)73-97-103(91,92)99-77-80(101-84(89)71-67-63-59-55-51-46-32-28-24-20-16-12-8-4)75-95-82(87)69-65-61-57-53-49-45-31-27-23-19-15-11-7-3/h9-10,13-14,21-22,25-26,33-36,39-42,79-81,86H,5-8,11-12,15-20,23-24,27-32,37-38,43-78H2,1-4H3,(H,91,92)(H,93,94)/b13-9-,14-10-,25-21-,26-22-,35-33-,36-34-,41-39-,42-40-. The van der Waals surface area contributed by atoms with Crippen molar-refractivity contribution in [3.05, 3.63) is 97.2 Å². The minimum absolute atomic E-state index is 0.0755. The Morgan fingerprint density at radius 2 is 0.500 bits per heavy atom. The third-order valence-electron chi connectivity index (χ3n) is 17.6. The van der Waals surface area contributed by atoms with Crippen LogP contribution in [0, 0.1) is 0 Å². The number of esters is 4. The Kier molecular flexibility index (Phi) is 74.2. The fourth-order valence-electron chi connectivity index (χ4n) is 11.3. The van der Waals surface area contributed by atoms with Crippen molar-refractivity contribution < 1.29 is 80.2 Å². The molecule has 5 atom stereocenters. The number of rotatable bonds is 78. The number of aliphatic hydroxyl groups excluding tert-OH is 1. The summed E-state index contributed by atoms with van der Waals surface area (Å²) in [6.07, 6.45) is 82.3. The number of carbonyl (C=O) groups is 4. The lowest BCUT2D eigenvalue weighted by atomic mass is 10.0. The van der Waals surface area contributed by atoms with Crippen LogP contribution in [0.4, 0.5) is 0 Å². The molecule has 0 radical (unpaired) electrons. The molecule has 0 aromatic heterocycles. The SMILES string of the molecule is CC/C=C\C/C=C\C/C=C\C/C=C\CCCCCCCCC(=O)OCC(COP(=O)(O)OCC(O)COP(=O)(O)OCC(COC(=O)CCCCCCCCCCCCCCC)OC(=O)CCCCCCCCCCCCCCC)OC(=O)CCCCCCCC/C=C\C/C=C\C/C=C\C/C=C\CC. The van der Waals surface area contributed by atoms with Crippen LogP contribution in [0.5, 0.6) is 0 Å². The Morgan fingerprint density at radius 1 is 0.279 bits per heavy atom. The predicted molar refractivity (Wildman–Crippen MR) is 427 cm³/mol. The highest BCUT2D eigenvalue weighted by atomic mass is 31.2. The van der Waals surface area contributed by atoms with Crippen molar-refractivity contribution in [2.75, 3.05) is 39.6 Å². The van der Waals surface area contributed by atoms with Crippen LogP contribution in [-0.2, 0) is 65.4 Å². The molecule has 0 amide bonds. The summed E-state index contributed by atoms with van der Waals surface area (Å²) in [6.45, 7) is 4.68. The summed E-state index contributed by atoms with van der Waals surface area (Å²) in [5.41, 5.74) is 0. The topological polar surface area (TPSA) is 237 Å². The Bertz CT molecular complexity index is 2350. The summed E-state index contributed by atoms with van der Waals surface area (Å²) in [5, 5.41) is 10.7. The highest BCUT2D eigenvalue weighted by Gasteiger charge is 2.30. The minimum atomic E-state index is -4.98. The molecule has 0 aromatic rings. The Morgan fingerprint density at radius 3 is 0.769 bits per heavy atom. The Balaban J connectivity index is 5.36.